The number of hydrogen-bond acceptors (Lipinski definition) is 5. The summed E-state index contributed by atoms with van der Waals surface area (Å²) in [5.74, 6) is -1.48. The molecule has 0 aliphatic carbocycles. The van der Waals surface area contributed by atoms with Crippen molar-refractivity contribution in [2.45, 2.75) is 13.1 Å². The number of halogens is 3. The van der Waals surface area contributed by atoms with Crippen molar-refractivity contribution in [3.05, 3.63) is 89.3 Å². The zero-order valence-corrected chi connectivity index (χ0v) is 16.2. The Hall–Kier alpha value is -4.01. The molecule has 1 heterocycles. The van der Waals surface area contributed by atoms with E-state index in [1.165, 1.54) is 42.7 Å². The van der Waals surface area contributed by atoms with Gasteiger partial charge in [0.1, 0.15) is 5.75 Å². The Labute approximate surface area is 175 Å². The SMILES string of the molecule is Cc1ccc(C(=O)Nc2cccc(C(F)(F)F)c2)c(OC(=O)/C=C/c2ccnnc2)c1. The first-order chi connectivity index (χ1) is 14.7. The van der Waals surface area contributed by atoms with Gasteiger partial charge in [0.05, 0.1) is 23.5 Å². The van der Waals surface area contributed by atoms with E-state index in [9.17, 15) is 22.8 Å². The molecule has 1 N–H and O–H groups in total. The normalized spacial score (nSPS) is 11.4. The topological polar surface area (TPSA) is 81.2 Å². The number of ether oxygens (including phenoxy) is 1. The number of anilines is 1. The molecule has 3 aromatic rings. The fourth-order valence-electron chi connectivity index (χ4n) is 2.58. The van der Waals surface area contributed by atoms with Crippen LogP contribution in [-0.4, -0.2) is 22.1 Å². The lowest BCUT2D eigenvalue weighted by Gasteiger charge is -2.12. The summed E-state index contributed by atoms with van der Waals surface area (Å²) in [6.45, 7) is 1.74. The van der Waals surface area contributed by atoms with Gasteiger partial charge >= 0.3 is 12.1 Å². The summed E-state index contributed by atoms with van der Waals surface area (Å²) in [5.41, 5.74) is 0.411. The van der Waals surface area contributed by atoms with Gasteiger partial charge in [0.15, 0.2) is 0 Å². The van der Waals surface area contributed by atoms with E-state index < -0.39 is 23.6 Å². The molecule has 6 nitrogen and oxygen atoms in total. The Kier molecular flexibility index (Phi) is 6.44. The summed E-state index contributed by atoms with van der Waals surface area (Å²) in [6.07, 6.45) is 0.997. The highest BCUT2D eigenvalue weighted by molar-refractivity contribution is 6.07. The van der Waals surface area contributed by atoms with Crippen molar-refractivity contribution in [2.24, 2.45) is 0 Å². The summed E-state index contributed by atoms with van der Waals surface area (Å²) in [7, 11) is 0. The molecule has 0 fully saturated rings. The molecule has 9 heteroatoms. The number of carbonyl (C=O) groups excluding carboxylic acids is 2. The smallest absolute Gasteiger partial charge is 0.416 e. The molecule has 0 unspecified atom stereocenters. The highest BCUT2D eigenvalue weighted by Crippen LogP contribution is 2.31. The van der Waals surface area contributed by atoms with E-state index in [1.807, 2.05) is 0 Å². The first-order valence-electron chi connectivity index (χ1n) is 8.98. The Morgan fingerprint density at radius 2 is 1.87 bits per heavy atom. The van der Waals surface area contributed by atoms with Gasteiger partial charge in [0.25, 0.3) is 5.91 Å². The highest BCUT2D eigenvalue weighted by Gasteiger charge is 2.30. The van der Waals surface area contributed by atoms with Crippen molar-refractivity contribution in [3.8, 4) is 5.75 Å². The van der Waals surface area contributed by atoms with Gasteiger partial charge in [0.2, 0.25) is 0 Å². The lowest BCUT2D eigenvalue weighted by molar-refractivity contribution is -0.137. The van der Waals surface area contributed by atoms with Crippen molar-refractivity contribution in [1.82, 2.24) is 10.2 Å². The molecule has 0 aliphatic rings. The van der Waals surface area contributed by atoms with Gasteiger partial charge in [-0.05, 0) is 60.5 Å². The molecule has 0 atom stereocenters. The summed E-state index contributed by atoms with van der Waals surface area (Å²) < 4.78 is 44.0. The average Bonchev–Trinajstić information content (AvgIpc) is 2.72. The van der Waals surface area contributed by atoms with Gasteiger partial charge in [-0.15, -0.1) is 0 Å². The summed E-state index contributed by atoms with van der Waals surface area (Å²) in [6, 6.07) is 10.4. The predicted molar refractivity (Wildman–Crippen MR) is 107 cm³/mol. The van der Waals surface area contributed by atoms with Crippen LogP contribution in [0, 0.1) is 6.92 Å². The third-order valence-electron chi connectivity index (χ3n) is 4.06. The molecule has 0 radical (unpaired) electrons. The maximum absolute atomic E-state index is 12.9. The number of benzene rings is 2. The number of alkyl halides is 3. The number of amides is 1. The van der Waals surface area contributed by atoms with Crippen molar-refractivity contribution in [2.75, 3.05) is 5.32 Å². The van der Waals surface area contributed by atoms with Crippen LogP contribution in [0.1, 0.15) is 27.0 Å². The highest BCUT2D eigenvalue weighted by atomic mass is 19.4. The molecular weight excluding hydrogens is 411 g/mol. The summed E-state index contributed by atoms with van der Waals surface area (Å²) in [4.78, 5) is 24.8. The first kappa shape index (κ1) is 21.7. The number of esters is 1. The fourth-order valence-corrected chi connectivity index (χ4v) is 2.58. The standard InChI is InChI=1S/C22H16F3N3O3/c1-14-5-7-18(21(30)28-17-4-2-3-16(12-17)22(23,24)25)19(11-14)31-20(29)8-6-15-9-10-26-27-13-15/h2-13H,1H3,(H,28,30)/b8-6+. The molecule has 0 saturated heterocycles. The number of rotatable bonds is 5. The fraction of sp³-hybridized carbons (Fsp3) is 0.0909. The van der Waals surface area contributed by atoms with E-state index >= 15 is 0 Å². The number of aromatic nitrogens is 2. The van der Waals surface area contributed by atoms with Gasteiger partial charge in [-0.2, -0.15) is 23.4 Å². The van der Waals surface area contributed by atoms with E-state index in [2.05, 4.69) is 15.5 Å². The molecule has 2 aromatic carbocycles. The van der Waals surface area contributed by atoms with Gasteiger partial charge < -0.3 is 10.1 Å². The molecule has 3 rings (SSSR count). The second-order valence-electron chi connectivity index (χ2n) is 6.46. The lowest BCUT2D eigenvalue weighted by Crippen LogP contribution is -2.16. The largest absolute Gasteiger partial charge is 0.423 e. The maximum atomic E-state index is 12.9. The third-order valence-corrected chi connectivity index (χ3v) is 4.06. The molecule has 0 saturated carbocycles. The second-order valence-corrected chi connectivity index (χ2v) is 6.46. The van der Waals surface area contributed by atoms with Gasteiger partial charge in [-0.25, -0.2) is 4.79 Å². The Bertz CT molecular complexity index is 1130. The minimum absolute atomic E-state index is 0.00432. The zero-order valence-electron chi connectivity index (χ0n) is 16.2. The van der Waals surface area contributed by atoms with E-state index in [-0.39, 0.29) is 17.0 Å². The van der Waals surface area contributed by atoms with Crippen molar-refractivity contribution in [3.63, 3.8) is 0 Å². The van der Waals surface area contributed by atoms with Gasteiger partial charge in [-0.3, -0.25) is 4.79 Å². The van der Waals surface area contributed by atoms with Crippen LogP contribution >= 0.6 is 0 Å². The monoisotopic (exact) mass is 427 g/mol. The van der Waals surface area contributed by atoms with E-state index in [4.69, 9.17) is 4.74 Å². The number of aryl methyl sites for hydroxylation is 1. The quantitative estimate of drug-likeness (QED) is 0.363. The molecule has 0 aliphatic heterocycles. The molecule has 1 aromatic heterocycles. The maximum Gasteiger partial charge on any atom is 0.416 e. The minimum atomic E-state index is -4.54. The van der Waals surface area contributed by atoms with Crippen molar-refractivity contribution in [1.29, 1.82) is 0 Å². The third kappa shape index (κ3) is 5.99. The van der Waals surface area contributed by atoms with E-state index in [1.54, 1.807) is 19.1 Å². The van der Waals surface area contributed by atoms with E-state index in [0.717, 1.165) is 23.8 Å². The van der Waals surface area contributed by atoms with Gasteiger partial charge in [-0.1, -0.05) is 12.1 Å². The molecule has 0 spiro atoms. The predicted octanol–water partition coefficient (Wildman–Crippen LogP) is 4.67. The molecular formula is C22H16F3N3O3. The Morgan fingerprint density at radius 1 is 1.06 bits per heavy atom. The van der Waals surface area contributed by atoms with Crippen LogP contribution in [0.15, 0.2) is 67.0 Å². The van der Waals surface area contributed by atoms with Crippen molar-refractivity contribution >= 4 is 23.6 Å². The second kappa shape index (κ2) is 9.21. The average molecular weight is 427 g/mol. The molecule has 158 valence electrons. The number of hydrogen-bond donors (Lipinski definition) is 1. The van der Waals surface area contributed by atoms with Crippen LogP contribution in [0.5, 0.6) is 5.75 Å². The molecule has 31 heavy (non-hydrogen) atoms. The summed E-state index contributed by atoms with van der Waals surface area (Å²) >= 11 is 0. The summed E-state index contributed by atoms with van der Waals surface area (Å²) in [5, 5.41) is 9.71. The van der Waals surface area contributed by atoms with E-state index in [0.29, 0.717) is 5.56 Å². The van der Waals surface area contributed by atoms with Gasteiger partial charge in [0, 0.05) is 11.8 Å². The minimum Gasteiger partial charge on any atom is -0.423 e. The lowest BCUT2D eigenvalue weighted by atomic mass is 10.1. The van der Waals surface area contributed by atoms with Crippen LogP contribution in [0.3, 0.4) is 0 Å². The first-order valence-corrected chi connectivity index (χ1v) is 8.98. The Morgan fingerprint density at radius 3 is 2.58 bits per heavy atom. The number of nitrogens with one attached hydrogen (secondary N) is 1. The van der Waals surface area contributed by atoms with Crippen LogP contribution in [0.2, 0.25) is 0 Å². The Balaban J connectivity index is 1.78. The number of nitrogens with zero attached hydrogens (tertiary/aromatic N) is 2. The number of carbonyl (C=O) groups is 2. The molecule has 1 amide bonds. The van der Waals surface area contributed by atoms with Crippen LogP contribution in [-0.2, 0) is 11.0 Å². The van der Waals surface area contributed by atoms with Crippen LogP contribution in [0.4, 0.5) is 18.9 Å². The zero-order chi connectivity index (χ0) is 22.4. The van der Waals surface area contributed by atoms with Crippen LogP contribution < -0.4 is 10.1 Å². The molecule has 0 bridgehead atoms. The van der Waals surface area contributed by atoms with Crippen molar-refractivity contribution < 1.29 is 27.5 Å². The van der Waals surface area contributed by atoms with Crippen LogP contribution in [0.25, 0.3) is 6.08 Å².